The molecule has 1 fully saturated rings. The van der Waals surface area contributed by atoms with Crippen molar-refractivity contribution < 1.29 is 0 Å². The predicted molar refractivity (Wildman–Crippen MR) is 82.0 cm³/mol. The van der Waals surface area contributed by atoms with E-state index >= 15 is 0 Å². The van der Waals surface area contributed by atoms with Crippen LogP contribution in [0.5, 0.6) is 0 Å². The summed E-state index contributed by atoms with van der Waals surface area (Å²) in [7, 11) is 0. The van der Waals surface area contributed by atoms with Gasteiger partial charge in [-0.05, 0) is 44.4 Å². The highest BCUT2D eigenvalue weighted by Crippen LogP contribution is 2.30. The summed E-state index contributed by atoms with van der Waals surface area (Å²) in [6.07, 6.45) is 5.32. The highest BCUT2D eigenvalue weighted by atomic mass is 79.9. The number of nitrogens with zero attached hydrogens (tertiary/aromatic N) is 1. The van der Waals surface area contributed by atoms with Crippen molar-refractivity contribution in [3.05, 3.63) is 28.2 Å². The molecule has 1 saturated heterocycles. The number of nitrogens with two attached hydrogens (primary N) is 1. The van der Waals surface area contributed by atoms with E-state index in [-0.39, 0.29) is 6.04 Å². The van der Waals surface area contributed by atoms with Gasteiger partial charge in [-0.2, -0.15) is 0 Å². The summed E-state index contributed by atoms with van der Waals surface area (Å²) >= 11 is 3.65. The van der Waals surface area contributed by atoms with Crippen molar-refractivity contribution in [1.29, 1.82) is 0 Å². The fourth-order valence-electron chi connectivity index (χ4n) is 2.72. The highest BCUT2D eigenvalue weighted by Gasteiger charge is 2.18. The Morgan fingerprint density at radius 2 is 2.11 bits per heavy atom. The minimum Gasteiger partial charge on any atom is -0.369 e. The van der Waals surface area contributed by atoms with Gasteiger partial charge in [0, 0.05) is 28.8 Å². The molecule has 0 radical (unpaired) electrons. The summed E-state index contributed by atoms with van der Waals surface area (Å²) in [5.74, 6) is 0. The molecule has 1 aliphatic rings. The van der Waals surface area contributed by atoms with Gasteiger partial charge in [-0.3, -0.25) is 0 Å². The van der Waals surface area contributed by atoms with Crippen LogP contribution >= 0.6 is 15.9 Å². The number of benzene rings is 1. The maximum Gasteiger partial charge on any atom is 0.0380 e. The van der Waals surface area contributed by atoms with Crippen molar-refractivity contribution >= 4 is 21.6 Å². The Morgan fingerprint density at radius 1 is 1.33 bits per heavy atom. The molecule has 2 N–H and O–H groups in total. The normalized spacial score (nSPS) is 22.7. The van der Waals surface area contributed by atoms with Gasteiger partial charge < -0.3 is 10.6 Å². The van der Waals surface area contributed by atoms with Crippen molar-refractivity contribution in [3.63, 3.8) is 0 Å². The van der Waals surface area contributed by atoms with E-state index in [2.05, 4.69) is 46.0 Å². The molecule has 3 heteroatoms. The molecule has 0 amide bonds. The van der Waals surface area contributed by atoms with Crippen molar-refractivity contribution in [2.24, 2.45) is 5.73 Å². The van der Waals surface area contributed by atoms with Gasteiger partial charge in [0.1, 0.15) is 0 Å². The molecule has 0 spiro atoms. The summed E-state index contributed by atoms with van der Waals surface area (Å²) in [5, 5.41) is 0. The van der Waals surface area contributed by atoms with Gasteiger partial charge in [-0.25, -0.2) is 0 Å². The molecule has 2 atom stereocenters. The van der Waals surface area contributed by atoms with Crippen LogP contribution in [0.4, 0.5) is 5.69 Å². The lowest BCUT2D eigenvalue weighted by molar-refractivity contribution is 0.616. The summed E-state index contributed by atoms with van der Waals surface area (Å²) in [6.45, 7) is 5.53. The molecule has 2 rings (SSSR count). The Labute approximate surface area is 119 Å². The third kappa shape index (κ3) is 3.07. The fraction of sp³-hybridized carbons (Fsp3) is 0.600. The van der Waals surface area contributed by atoms with E-state index in [4.69, 9.17) is 5.73 Å². The SMILES string of the molecule is CC1CCCCCN1c1ccc([C@@H](C)N)c(Br)c1. The van der Waals surface area contributed by atoms with E-state index in [9.17, 15) is 0 Å². The average Bonchev–Trinajstić information content (AvgIpc) is 2.53. The molecule has 2 nitrogen and oxygen atoms in total. The van der Waals surface area contributed by atoms with Gasteiger partial charge >= 0.3 is 0 Å². The Hall–Kier alpha value is -0.540. The van der Waals surface area contributed by atoms with E-state index in [0.717, 1.165) is 4.47 Å². The fourth-order valence-corrected chi connectivity index (χ4v) is 3.45. The van der Waals surface area contributed by atoms with E-state index in [0.29, 0.717) is 6.04 Å². The number of anilines is 1. The van der Waals surface area contributed by atoms with Gasteiger partial charge in [0.2, 0.25) is 0 Å². The molecule has 0 aliphatic carbocycles. The average molecular weight is 311 g/mol. The molecule has 1 heterocycles. The molecule has 1 aliphatic heterocycles. The van der Waals surface area contributed by atoms with Crippen LogP contribution in [0.15, 0.2) is 22.7 Å². The van der Waals surface area contributed by atoms with E-state index in [1.165, 1.54) is 43.5 Å². The number of hydrogen-bond acceptors (Lipinski definition) is 2. The number of hydrogen-bond donors (Lipinski definition) is 1. The van der Waals surface area contributed by atoms with Gasteiger partial charge in [0.25, 0.3) is 0 Å². The lowest BCUT2D eigenvalue weighted by Gasteiger charge is -2.30. The second-order valence-corrected chi connectivity index (χ2v) is 6.24. The Balaban J connectivity index is 2.24. The van der Waals surface area contributed by atoms with E-state index < -0.39 is 0 Å². The van der Waals surface area contributed by atoms with Crippen LogP contribution in [0.1, 0.15) is 51.1 Å². The molecule has 0 bridgehead atoms. The summed E-state index contributed by atoms with van der Waals surface area (Å²) in [6, 6.07) is 7.31. The Kier molecular flexibility index (Phi) is 4.68. The van der Waals surface area contributed by atoms with Crippen LogP contribution in [-0.4, -0.2) is 12.6 Å². The number of halogens is 1. The first-order valence-electron chi connectivity index (χ1n) is 6.91. The monoisotopic (exact) mass is 310 g/mol. The van der Waals surface area contributed by atoms with Crippen molar-refractivity contribution in [2.45, 2.75) is 51.6 Å². The number of rotatable bonds is 2. The van der Waals surface area contributed by atoms with E-state index in [1.807, 2.05) is 6.92 Å². The first-order chi connectivity index (χ1) is 8.59. The largest absolute Gasteiger partial charge is 0.369 e. The van der Waals surface area contributed by atoms with Crippen LogP contribution < -0.4 is 10.6 Å². The third-order valence-corrected chi connectivity index (χ3v) is 4.55. The van der Waals surface area contributed by atoms with Gasteiger partial charge in [0.15, 0.2) is 0 Å². The quantitative estimate of drug-likeness (QED) is 0.885. The van der Waals surface area contributed by atoms with E-state index in [1.54, 1.807) is 0 Å². The Morgan fingerprint density at radius 3 is 2.78 bits per heavy atom. The third-order valence-electron chi connectivity index (χ3n) is 3.86. The minimum absolute atomic E-state index is 0.0787. The van der Waals surface area contributed by atoms with Crippen LogP contribution in [0, 0.1) is 0 Å². The Bertz CT molecular complexity index is 403. The zero-order valence-corrected chi connectivity index (χ0v) is 12.9. The molecular weight excluding hydrogens is 288 g/mol. The maximum atomic E-state index is 5.95. The molecule has 1 aromatic rings. The van der Waals surface area contributed by atoms with Crippen molar-refractivity contribution in [2.75, 3.05) is 11.4 Å². The first-order valence-corrected chi connectivity index (χ1v) is 7.70. The molecule has 1 aromatic carbocycles. The molecule has 18 heavy (non-hydrogen) atoms. The molecule has 0 saturated carbocycles. The molecule has 100 valence electrons. The zero-order chi connectivity index (χ0) is 13.1. The van der Waals surface area contributed by atoms with Gasteiger partial charge in [-0.1, -0.05) is 34.8 Å². The van der Waals surface area contributed by atoms with Crippen LogP contribution in [0.25, 0.3) is 0 Å². The first kappa shape index (κ1) is 13.9. The van der Waals surface area contributed by atoms with Crippen LogP contribution in [0.2, 0.25) is 0 Å². The standard InChI is InChI=1S/C15H23BrN2/c1-11-6-4-3-5-9-18(11)13-7-8-14(12(2)17)15(16)10-13/h7-8,10-12H,3-6,9,17H2,1-2H3/t11?,12-/m1/s1. The van der Waals surface area contributed by atoms with Gasteiger partial charge in [-0.15, -0.1) is 0 Å². The molecule has 1 unspecified atom stereocenters. The summed E-state index contributed by atoms with van der Waals surface area (Å²) in [4.78, 5) is 2.53. The second-order valence-electron chi connectivity index (χ2n) is 5.39. The summed E-state index contributed by atoms with van der Waals surface area (Å²) in [5.41, 5.74) is 8.45. The van der Waals surface area contributed by atoms with Crippen molar-refractivity contribution in [1.82, 2.24) is 0 Å². The molecule has 0 aromatic heterocycles. The lowest BCUT2D eigenvalue weighted by Crippen LogP contribution is -2.32. The second kappa shape index (κ2) is 6.07. The molecular formula is C15H23BrN2. The van der Waals surface area contributed by atoms with Gasteiger partial charge in [0.05, 0.1) is 0 Å². The zero-order valence-electron chi connectivity index (χ0n) is 11.3. The predicted octanol–water partition coefficient (Wildman–Crippen LogP) is 4.24. The van der Waals surface area contributed by atoms with Crippen LogP contribution in [0.3, 0.4) is 0 Å². The highest BCUT2D eigenvalue weighted by molar-refractivity contribution is 9.10. The smallest absolute Gasteiger partial charge is 0.0380 e. The minimum atomic E-state index is 0.0787. The summed E-state index contributed by atoms with van der Waals surface area (Å²) < 4.78 is 1.13. The lowest BCUT2D eigenvalue weighted by atomic mass is 10.1. The topological polar surface area (TPSA) is 29.3 Å². The maximum absolute atomic E-state index is 5.95. The van der Waals surface area contributed by atoms with Crippen molar-refractivity contribution in [3.8, 4) is 0 Å². The van der Waals surface area contributed by atoms with Crippen LogP contribution in [-0.2, 0) is 0 Å².